The quantitative estimate of drug-likeness (QED) is 0.363. The molecule has 0 aliphatic carbocycles. The van der Waals surface area contributed by atoms with Crippen molar-refractivity contribution < 1.29 is 22.4 Å². The first-order valence-electron chi connectivity index (χ1n) is 12.9. The van der Waals surface area contributed by atoms with E-state index in [0.29, 0.717) is 17.7 Å². The molecule has 0 bridgehead atoms. The maximum absolute atomic E-state index is 13.9. The first kappa shape index (κ1) is 29.8. The van der Waals surface area contributed by atoms with Gasteiger partial charge in [-0.2, -0.15) is 0 Å². The van der Waals surface area contributed by atoms with Crippen LogP contribution in [0.3, 0.4) is 0 Å². The first-order chi connectivity index (χ1) is 18.4. The second kappa shape index (κ2) is 12.9. The molecule has 3 rings (SSSR count). The number of hydrogen-bond donors (Lipinski definition) is 1. The average Bonchev–Trinajstić information content (AvgIpc) is 2.91. The number of nitrogens with zero attached hydrogens (tertiary/aromatic N) is 2. The van der Waals surface area contributed by atoms with Gasteiger partial charge in [-0.15, -0.1) is 0 Å². The van der Waals surface area contributed by atoms with E-state index in [1.165, 1.54) is 41.3 Å². The van der Waals surface area contributed by atoms with Gasteiger partial charge < -0.3 is 10.2 Å². The highest BCUT2D eigenvalue weighted by atomic mass is 32.2. The molecule has 39 heavy (non-hydrogen) atoms. The maximum Gasteiger partial charge on any atom is 0.264 e. The molecule has 0 aliphatic heterocycles. The number of aryl methyl sites for hydroxylation is 2. The lowest BCUT2D eigenvalue weighted by molar-refractivity contribution is -0.139. The number of halogens is 1. The second-order valence-corrected chi connectivity index (χ2v) is 11.7. The topological polar surface area (TPSA) is 86.8 Å². The number of anilines is 1. The highest BCUT2D eigenvalue weighted by Gasteiger charge is 2.32. The highest BCUT2D eigenvalue weighted by molar-refractivity contribution is 7.92. The van der Waals surface area contributed by atoms with Crippen LogP contribution >= 0.6 is 0 Å². The molecular formula is C30H36FN3O4S. The molecule has 0 unspecified atom stereocenters. The molecule has 208 valence electrons. The van der Waals surface area contributed by atoms with Crippen molar-refractivity contribution in [3.05, 3.63) is 95.3 Å². The van der Waals surface area contributed by atoms with Crippen LogP contribution in [-0.2, 0) is 26.2 Å². The van der Waals surface area contributed by atoms with Crippen LogP contribution in [0.15, 0.2) is 77.7 Å². The van der Waals surface area contributed by atoms with Crippen molar-refractivity contribution in [3.8, 4) is 0 Å². The van der Waals surface area contributed by atoms with E-state index in [1.807, 2.05) is 27.7 Å². The predicted molar refractivity (Wildman–Crippen MR) is 151 cm³/mol. The van der Waals surface area contributed by atoms with Crippen LogP contribution < -0.4 is 9.62 Å². The van der Waals surface area contributed by atoms with E-state index in [0.717, 1.165) is 15.4 Å². The molecule has 0 saturated heterocycles. The lowest BCUT2D eigenvalue weighted by Crippen LogP contribution is -2.52. The van der Waals surface area contributed by atoms with Gasteiger partial charge in [0.25, 0.3) is 10.0 Å². The van der Waals surface area contributed by atoms with Crippen molar-refractivity contribution in [1.82, 2.24) is 10.2 Å². The minimum Gasteiger partial charge on any atom is -0.352 e. The van der Waals surface area contributed by atoms with Gasteiger partial charge in [-0.1, -0.05) is 54.4 Å². The molecule has 0 aliphatic rings. The second-order valence-electron chi connectivity index (χ2n) is 9.80. The van der Waals surface area contributed by atoms with E-state index < -0.39 is 34.3 Å². The standard InChI is InChI=1S/C30H36FN3O4S/c1-6-23(4)32-30(36)24(5)33(19-25-11-13-26(31)14-12-25)29(35)20-34(27-15-7-21(2)8-16-27)39(37,38)28-17-9-22(3)10-18-28/h7-18,23-24H,6,19-20H2,1-5H3,(H,32,36)/t23-,24-/m0/s1. The maximum atomic E-state index is 13.9. The van der Waals surface area contributed by atoms with Gasteiger partial charge in [-0.3, -0.25) is 13.9 Å². The predicted octanol–water partition coefficient (Wildman–Crippen LogP) is 4.97. The average molecular weight is 554 g/mol. The molecule has 9 heteroatoms. The number of rotatable bonds is 11. The molecule has 0 radical (unpaired) electrons. The van der Waals surface area contributed by atoms with Crippen LogP contribution in [-0.4, -0.2) is 43.8 Å². The third-order valence-electron chi connectivity index (χ3n) is 6.64. The summed E-state index contributed by atoms with van der Waals surface area (Å²) < 4.78 is 42.2. The van der Waals surface area contributed by atoms with Gasteiger partial charge in [-0.25, -0.2) is 12.8 Å². The Balaban J connectivity index is 2.01. The summed E-state index contributed by atoms with van der Waals surface area (Å²) in [6.45, 7) is 8.62. The number of carbonyl (C=O) groups is 2. The molecule has 0 fully saturated rings. The van der Waals surface area contributed by atoms with Gasteiger partial charge in [-0.05, 0) is 76.1 Å². The largest absolute Gasteiger partial charge is 0.352 e. The van der Waals surface area contributed by atoms with Gasteiger partial charge >= 0.3 is 0 Å². The van der Waals surface area contributed by atoms with Gasteiger partial charge in [0.05, 0.1) is 10.6 Å². The summed E-state index contributed by atoms with van der Waals surface area (Å²) in [5, 5.41) is 2.89. The zero-order valence-corrected chi connectivity index (χ0v) is 23.8. The normalized spacial score (nSPS) is 12.9. The van der Waals surface area contributed by atoms with E-state index in [-0.39, 0.29) is 23.4 Å². The summed E-state index contributed by atoms with van der Waals surface area (Å²) in [6, 6.07) is 17.9. The van der Waals surface area contributed by atoms with Crippen LogP contribution in [0.4, 0.5) is 10.1 Å². The van der Waals surface area contributed by atoms with Crippen LogP contribution in [0.2, 0.25) is 0 Å². The molecule has 0 spiro atoms. The van der Waals surface area contributed by atoms with E-state index >= 15 is 0 Å². The summed E-state index contributed by atoms with van der Waals surface area (Å²) in [4.78, 5) is 28.3. The fourth-order valence-corrected chi connectivity index (χ4v) is 5.33. The summed E-state index contributed by atoms with van der Waals surface area (Å²) >= 11 is 0. The monoisotopic (exact) mass is 553 g/mol. The summed E-state index contributed by atoms with van der Waals surface area (Å²) in [6.07, 6.45) is 0.709. The molecular weight excluding hydrogens is 517 g/mol. The summed E-state index contributed by atoms with van der Waals surface area (Å²) in [5.74, 6) is -1.35. The molecule has 7 nitrogen and oxygen atoms in total. The SMILES string of the molecule is CC[C@H](C)NC(=O)[C@H](C)N(Cc1ccc(F)cc1)C(=O)CN(c1ccc(C)cc1)S(=O)(=O)c1ccc(C)cc1. The van der Waals surface area contributed by atoms with Crippen molar-refractivity contribution in [2.24, 2.45) is 0 Å². The van der Waals surface area contributed by atoms with Gasteiger partial charge in [0.15, 0.2) is 0 Å². The number of benzene rings is 3. The fraction of sp³-hybridized carbons (Fsp3) is 0.333. The third-order valence-corrected chi connectivity index (χ3v) is 8.43. The Bertz CT molecular complexity index is 1380. The minimum absolute atomic E-state index is 0.000519. The van der Waals surface area contributed by atoms with E-state index in [2.05, 4.69) is 5.32 Å². The Kier molecular flexibility index (Phi) is 9.86. The number of nitrogens with one attached hydrogen (secondary N) is 1. The fourth-order valence-electron chi connectivity index (χ4n) is 3.91. The number of amides is 2. The van der Waals surface area contributed by atoms with E-state index in [4.69, 9.17) is 0 Å². The van der Waals surface area contributed by atoms with Crippen molar-refractivity contribution >= 4 is 27.5 Å². The van der Waals surface area contributed by atoms with Crippen LogP contribution in [0.25, 0.3) is 0 Å². The Morgan fingerprint density at radius 1 is 0.872 bits per heavy atom. The Morgan fingerprint density at radius 2 is 1.41 bits per heavy atom. The number of hydrogen-bond acceptors (Lipinski definition) is 4. The molecule has 0 aromatic heterocycles. The Hall–Kier alpha value is -3.72. The first-order valence-corrected chi connectivity index (χ1v) is 14.4. The lowest BCUT2D eigenvalue weighted by atomic mass is 10.1. The summed E-state index contributed by atoms with van der Waals surface area (Å²) in [7, 11) is -4.12. The molecule has 3 aromatic carbocycles. The third kappa shape index (κ3) is 7.66. The van der Waals surface area contributed by atoms with Crippen LogP contribution in [0, 0.1) is 19.7 Å². The van der Waals surface area contributed by atoms with E-state index in [9.17, 15) is 22.4 Å². The summed E-state index contributed by atoms with van der Waals surface area (Å²) in [5.41, 5.74) is 2.77. The Labute approximate surface area is 230 Å². The van der Waals surface area contributed by atoms with Gasteiger partial charge in [0.2, 0.25) is 11.8 Å². The smallest absolute Gasteiger partial charge is 0.264 e. The molecule has 1 N–H and O–H groups in total. The minimum atomic E-state index is -4.12. The van der Waals surface area contributed by atoms with Crippen molar-refractivity contribution in [1.29, 1.82) is 0 Å². The number of carbonyl (C=O) groups excluding carboxylic acids is 2. The zero-order valence-electron chi connectivity index (χ0n) is 23.0. The zero-order chi connectivity index (χ0) is 28.7. The van der Waals surface area contributed by atoms with Crippen molar-refractivity contribution in [2.45, 2.75) is 64.6 Å². The lowest BCUT2D eigenvalue weighted by Gasteiger charge is -2.32. The van der Waals surface area contributed by atoms with Crippen LogP contribution in [0.5, 0.6) is 0 Å². The van der Waals surface area contributed by atoms with Crippen molar-refractivity contribution in [2.75, 3.05) is 10.8 Å². The molecule has 2 amide bonds. The molecule has 3 aromatic rings. The molecule has 2 atom stereocenters. The van der Waals surface area contributed by atoms with Gasteiger partial charge in [0.1, 0.15) is 18.4 Å². The molecule has 0 heterocycles. The number of sulfonamides is 1. The Morgan fingerprint density at radius 3 is 1.95 bits per heavy atom. The van der Waals surface area contributed by atoms with Crippen molar-refractivity contribution in [3.63, 3.8) is 0 Å². The highest BCUT2D eigenvalue weighted by Crippen LogP contribution is 2.25. The van der Waals surface area contributed by atoms with E-state index in [1.54, 1.807) is 43.3 Å². The van der Waals surface area contributed by atoms with Crippen LogP contribution in [0.1, 0.15) is 43.9 Å². The molecule has 0 saturated carbocycles. The van der Waals surface area contributed by atoms with Gasteiger partial charge in [0, 0.05) is 12.6 Å².